The van der Waals surface area contributed by atoms with Crippen LogP contribution in [0.3, 0.4) is 0 Å². The van der Waals surface area contributed by atoms with E-state index in [-0.39, 0.29) is 11.4 Å². The molecule has 0 saturated carbocycles. The molecule has 11 heteroatoms. The van der Waals surface area contributed by atoms with E-state index in [0.29, 0.717) is 54.4 Å². The summed E-state index contributed by atoms with van der Waals surface area (Å²) in [5, 5.41) is 8.53. The van der Waals surface area contributed by atoms with Gasteiger partial charge in [-0.25, -0.2) is 4.42 Å². The molecular weight excluding hydrogens is 497 g/mol. The van der Waals surface area contributed by atoms with Crippen LogP contribution in [0.15, 0.2) is 40.6 Å². The highest BCUT2D eigenvalue weighted by Crippen LogP contribution is 2.41. The van der Waals surface area contributed by atoms with Gasteiger partial charge in [0.25, 0.3) is 5.91 Å². The van der Waals surface area contributed by atoms with E-state index in [1.807, 2.05) is 6.92 Å². The summed E-state index contributed by atoms with van der Waals surface area (Å²) in [5.74, 6) is 0.0406. The molecule has 0 aliphatic carbocycles. The van der Waals surface area contributed by atoms with Crippen LogP contribution >= 0.6 is 23.4 Å². The molecule has 0 fully saturated rings. The van der Waals surface area contributed by atoms with Crippen LogP contribution in [0.1, 0.15) is 34.6 Å². The van der Waals surface area contributed by atoms with E-state index in [9.17, 15) is 9.59 Å². The van der Waals surface area contributed by atoms with Crippen LogP contribution in [0, 0.1) is 0 Å². The molecule has 0 saturated heterocycles. The molecule has 1 unspecified atom stereocenters. The maximum Gasteiger partial charge on any atom is 0.276 e. The monoisotopic (exact) mass is 525 g/mol. The lowest BCUT2D eigenvalue weighted by Gasteiger charge is -2.20. The van der Waals surface area contributed by atoms with Crippen LogP contribution in [0.25, 0.3) is 0 Å². The number of rotatable bonds is 13. The average Bonchev–Trinajstić information content (AvgIpc) is 2.81. The van der Waals surface area contributed by atoms with Gasteiger partial charge < -0.3 is 18.9 Å². The number of ketones is 1. The molecule has 0 spiro atoms. The lowest BCUT2D eigenvalue weighted by Crippen LogP contribution is -2.36. The molecule has 0 heterocycles. The van der Waals surface area contributed by atoms with E-state index in [1.54, 1.807) is 51.1 Å². The van der Waals surface area contributed by atoms with Crippen molar-refractivity contribution in [2.24, 2.45) is 10.2 Å². The van der Waals surface area contributed by atoms with Gasteiger partial charge in [-0.05, 0) is 46.8 Å². The van der Waals surface area contributed by atoms with Crippen molar-refractivity contribution < 1.29 is 28.5 Å². The number of amides is 1. The molecule has 2 aromatic rings. The quantitative estimate of drug-likeness (QED) is 0.176. The number of nitrogens with zero attached hydrogens (tertiary/aromatic N) is 3. The first kappa shape index (κ1) is 28.2. The Morgan fingerprint density at radius 3 is 1.94 bits per heavy atom. The Kier molecular flexibility index (Phi) is 11.1. The molecule has 0 radical (unpaired) electrons. The smallest absolute Gasteiger partial charge is 0.276 e. The number of anilines is 1. The number of ether oxygens (including phenoxy) is 4. The second-order valence-corrected chi connectivity index (χ2v) is 7.73. The maximum atomic E-state index is 13.2. The number of hydrogen-bond donors (Lipinski definition) is 0. The summed E-state index contributed by atoms with van der Waals surface area (Å²) in [6.45, 7) is 9.85. The molecule has 1 amide bonds. The van der Waals surface area contributed by atoms with Crippen LogP contribution in [-0.2, 0) is 9.59 Å². The third-order valence-corrected chi connectivity index (χ3v) is 5.01. The maximum absolute atomic E-state index is 13.2. The lowest BCUT2D eigenvalue weighted by molar-refractivity contribution is -0.126. The van der Waals surface area contributed by atoms with Gasteiger partial charge in [0.1, 0.15) is 17.2 Å². The SMILES string of the molecule is CCOc1ccc(OCC)c(N(Cl)C(=O)C(N=Nc2c(OCC)cc(Cl)cc2OCC)C(C)=O)c1. The van der Waals surface area contributed by atoms with Crippen molar-refractivity contribution in [3.8, 4) is 23.0 Å². The Bertz CT molecular complexity index is 1040. The predicted octanol–water partition coefficient (Wildman–Crippen LogP) is 6.16. The molecule has 2 rings (SSSR count). The van der Waals surface area contributed by atoms with E-state index in [0.717, 1.165) is 4.42 Å². The zero-order valence-electron chi connectivity index (χ0n) is 20.3. The first-order valence-electron chi connectivity index (χ1n) is 11.2. The van der Waals surface area contributed by atoms with Gasteiger partial charge in [0, 0.05) is 35.0 Å². The standard InChI is InChI=1S/C24H29Cl2N3O6/c1-6-32-17-10-11-19(33-7-2)18(14-17)29(26)24(31)22(15(5)30)27-28-23-20(34-8-3)12-16(25)13-21(23)35-9-4/h10-14,22H,6-9H2,1-5H3. The van der Waals surface area contributed by atoms with Crippen LogP contribution < -0.4 is 23.4 Å². The second-order valence-electron chi connectivity index (χ2n) is 6.96. The van der Waals surface area contributed by atoms with E-state index in [1.165, 1.54) is 6.92 Å². The normalized spacial score (nSPS) is 11.7. The molecule has 190 valence electrons. The van der Waals surface area contributed by atoms with Crippen molar-refractivity contribution in [1.82, 2.24) is 0 Å². The molecule has 0 aliphatic rings. The molecular formula is C24H29Cl2N3O6. The third kappa shape index (κ3) is 7.47. The number of carbonyl (C=O) groups excluding carboxylic acids is 2. The van der Waals surface area contributed by atoms with Crippen molar-refractivity contribution in [3.05, 3.63) is 35.4 Å². The van der Waals surface area contributed by atoms with Crippen LogP contribution in [0.5, 0.6) is 23.0 Å². The number of hydrogen-bond acceptors (Lipinski definition) is 8. The number of benzene rings is 2. The summed E-state index contributed by atoms with van der Waals surface area (Å²) in [6.07, 6.45) is 0. The summed E-state index contributed by atoms with van der Waals surface area (Å²) in [5.41, 5.74) is 0.411. The Labute approximate surface area is 215 Å². The minimum Gasteiger partial charge on any atom is -0.494 e. The van der Waals surface area contributed by atoms with Gasteiger partial charge in [-0.2, -0.15) is 5.11 Å². The van der Waals surface area contributed by atoms with Crippen molar-refractivity contribution >= 4 is 46.4 Å². The first-order valence-corrected chi connectivity index (χ1v) is 11.9. The minimum absolute atomic E-state index is 0.201. The van der Waals surface area contributed by atoms with Gasteiger partial charge >= 0.3 is 0 Å². The van der Waals surface area contributed by atoms with Crippen molar-refractivity contribution in [2.75, 3.05) is 30.8 Å². The van der Waals surface area contributed by atoms with E-state index >= 15 is 0 Å². The number of Topliss-reactive ketones (excluding diaryl/α,β-unsaturated/α-hetero) is 1. The summed E-state index contributed by atoms with van der Waals surface area (Å²) in [4.78, 5) is 25.6. The fourth-order valence-electron chi connectivity index (χ4n) is 3.01. The molecule has 0 aromatic heterocycles. The molecule has 0 N–H and O–H groups in total. The van der Waals surface area contributed by atoms with Crippen LogP contribution in [0.2, 0.25) is 5.02 Å². The zero-order valence-corrected chi connectivity index (χ0v) is 21.9. The highest BCUT2D eigenvalue weighted by atomic mass is 35.5. The fraction of sp³-hybridized carbons (Fsp3) is 0.417. The Morgan fingerprint density at radius 2 is 1.43 bits per heavy atom. The molecule has 9 nitrogen and oxygen atoms in total. The van der Waals surface area contributed by atoms with Gasteiger partial charge in [-0.3, -0.25) is 9.59 Å². The van der Waals surface area contributed by atoms with Gasteiger partial charge in [0.15, 0.2) is 23.0 Å². The number of carbonyl (C=O) groups is 2. The summed E-state index contributed by atoms with van der Waals surface area (Å²) >= 11 is 12.6. The summed E-state index contributed by atoms with van der Waals surface area (Å²) < 4.78 is 23.1. The van der Waals surface area contributed by atoms with Crippen LogP contribution in [-0.4, -0.2) is 44.2 Å². The van der Waals surface area contributed by atoms with E-state index in [4.69, 9.17) is 42.3 Å². The number of azo groups is 1. The Hall–Kier alpha value is -3.04. The van der Waals surface area contributed by atoms with Crippen molar-refractivity contribution in [1.29, 1.82) is 0 Å². The van der Waals surface area contributed by atoms with Crippen molar-refractivity contribution in [2.45, 2.75) is 40.7 Å². The van der Waals surface area contributed by atoms with Crippen LogP contribution in [0.4, 0.5) is 11.4 Å². The van der Waals surface area contributed by atoms with E-state index < -0.39 is 17.7 Å². The molecule has 0 bridgehead atoms. The Morgan fingerprint density at radius 1 is 0.886 bits per heavy atom. The minimum atomic E-state index is -1.53. The topological polar surface area (TPSA) is 99.0 Å². The fourth-order valence-corrected chi connectivity index (χ4v) is 3.43. The van der Waals surface area contributed by atoms with Gasteiger partial charge in [0.05, 0.1) is 26.4 Å². The van der Waals surface area contributed by atoms with Gasteiger partial charge in [0.2, 0.25) is 6.04 Å². The highest BCUT2D eigenvalue weighted by molar-refractivity contribution is 6.39. The lowest BCUT2D eigenvalue weighted by atomic mass is 10.2. The summed E-state index contributed by atoms with van der Waals surface area (Å²) in [7, 11) is 0. The summed E-state index contributed by atoms with van der Waals surface area (Å²) in [6, 6.07) is 6.44. The zero-order chi connectivity index (χ0) is 26.0. The Balaban J connectivity index is 2.47. The molecule has 35 heavy (non-hydrogen) atoms. The first-order chi connectivity index (χ1) is 16.8. The molecule has 0 aliphatic heterocycles. The average molecular weight is 526 g/mol. The van der Waals surface area contributed by atoms with Gasteiger partial charge in [-0.1, -0.05) is 11.6 Å². The third-order valence-electron chi connectivity index (χ3n) is 4.44. The molecule has 2 aromatic carbocycles. The van der Waals surface area contributed by atoms with Gasteiger partial charge in [-0.15, -0.1) is 5.11 Å². The number of halogens is 2. The predicted molar refractivity (Wildman–Crippen MR) is 135 cm³/mol. The van der Waals surface area contributed by atoms with E-state index in [2.05, 4.69) is 10.2 Å². The highest BCUT2D eigenvalue weighted by Gasteiger charge is 2.31. The van der Waals surface area contributed by atoms with Crippen molar-refractivity contribution in [3.63, 3.8) is 0 Å². The second kappa shape index (κ2) is 13.7. The largest absolute Gasteiger partial charge is 0.494 e. The molecule has 1 atom stereocenters.